The Kier molecular flexibility index (Phi) is 5.92. The van der Waals surface area contributed by atoms with Gasteiger partial charge in [-0.15, -0.1) is 0 Å². The van der Waals surface area contributed by atoms with Crippen molar-refractivity contribution in [1.82, 2.24) is 19.4 Å². The van der Waals surface area contributed by atoms with Gasteiger partial charge in [0.1, 0.15) is 5.82 Å². The number of benzene rings is 1. The smallest absolute Gasteiger partial charge is 0.259 e. The number of hydrogen-bond donors (Lipinski definition) is 0. The largest absolute Gasteiger partial charge is 0.334 e. The number of halogens is 1. The average molecular weight is 431 g/mol. The molecule has 30 heavy (non-hydrogen) atoms. The summed E-state index contributed by atoms with van der Waals surface area (Å²) >= 11 is 0. The zero-order chi connectivity index (χ0) is 21.1. The summed E-state index contributed by atoms with van der Waals surface area (Å²) in [5.41, 5.74) is 1.09. The second kappa shape index (κ2) is 8.61. The third kappa shape index (κ3) is 4.41. The fraction of sp³-hybridized carbons (Fsp3) is 0.381. The quantitative estimate of drug-likeness (QED) is 0.594. The maximum absolute atomic E-state index is 13.5. The van der Waals surface area contributed by atoms with Crippen LogP contribution in [0.3, 0.4) is 0 Å². The molecule has 0 spiro atoms. The van der Waals surface area contributed by atoms with Crippen molar-refractivity contribution in [2.75, 3.05) is 13.1 Å². The van der Waals surface area contributed by atoms with Crippen LogP contribution < -0.4 is 0 Å². The normalized spacial score (nSPS) is 17.9. The van der Waals surface area contributed by atoms with Gasteiger partial charge in [-0.1, -0.05) is 5.16 Å². The minimum atomic E-state index is -3.64. The van der Waals surface area contributed by atoms with E-state index < -0.39 is 15.8 Å². The molecule has 1 aliphatic heterocycles. The average Bonchev–Trinajstić information content (AvgIpc) is 3.24. The van der Waals surface area contributed by atoms with E-state index in [1.807, 2.05) is 6.07 Å². The molecule has 1 saturated heterocycles. The molecule has 0 N–H and O–H groups in total. The number of rotatable bonds is 6. The number of aromatic nitrogens is 3. The first kappa shape index (κ1) is 20.6. The van der Waals surface area contributed by atoms with Gasteiger partial charge in [0.2, 0.25) is 10.0 Å². The summed E-state index contributed by atoms with van der Waals surface area (Å²) in [6, 6.07) is 7.60. The number of piperidine rings is 1. The van der Waals surface area contributed by atoms with Crippen molar-refractivity contribution < 1.29 is 17.3 Å². The first-order valence-corrected chi connectivity index (χ1v) is 11.4. The Balaban J connectivity index is 1.39. The van der Waals surface area contributed by atoms with E-state index in [-0.39, 0.29) is 10.8 Å². The van der Waals surface area contributed by atoms with Gasteiger partial charge < -0.3 is 4.52 Å². The maximum atomic E-state index is 13.5. The van der Waals surface area contributed by atoms with E-state index in [4.69, 9.17) is 4.52 Å². The van der Waals surface area contributed by atoms with Crippen molar-refractivity contribution in [2.24, 2.45) is 5.92 Å². The molecule has 0 amide bonds. The SMILES string of the molecule is Cc1cc(S(=O)(=O)N2CCCC(CCc3noc(-c4cccnc4)n3)C2)ccc1F. The van der Waals surface area contributed by atoms with E-state index in [1.54, 1.807) is 25.4 Å². The van der Waals surface area contributed by atoms with Crippen LogP contribution in [-0.2, 0) is 16.4 Å². The third-order valence-electron chi connectivity index (χ3n) is 5.40. The Morgan fingerprint density at radius 2 is 2.17 bits per heavy atom. The molecule has 158 valence electrons. The standard InChI is InChI=1S/C21H23FN4O3S/c1-15-12-18(7-8-19(15)22)30(27,28)26-11-3-4-16(14-26)6-9-20-24-21(29-25-20)17-5-2-10-23-13-17/h2,5,7-8,10,12-13,16H,3-4,6,9,11,14H2,1H3. The lowest BCUT2D eigenvalue weighted by Crippen LogP contribution is -2.40. The number of aryl methyl sites for hydroxylation is 2. The summed E-state index contributed by atoms with van der Waals surface area (Å²) in [4.78, 5) is 8.60. The van der Waals surface area contributed by atoms with Gasteiger partial charge in [0.25, 0.3) is 5.89 Å². The Morgan fingerprint density at radius 1 is 1.30 bits per heavy atom. The van der Waals surface area contributed by atoms with E-state index in [1.165, 1.54) is 22.5 Å². The van der Waals surface area contributed by atoms with Crippen molar-refractivity contribution in [3.63, 3.8) is 0 Å². The molecule has 0 saturated carbocycles. The van der Waals surface area contributed by atoms with Crippen LogP contribution in [0.2, 0.25) is 0 Å². The molecule has 4 rings (SSSR count). The van der Waals surface area contributed by atoms with Gasteiger partial charge >= 0.3 is 0 Å². The van der Waals surface area contributed by atoms with E-state index in [2.05, 4.69) is 15.1 Å². The summed E-state index contributed by atoms with van der Waals surface area (Å²) in [5, 5.41) is 4.03. The van der Waals surface area contributed by atoms with Crippen molar-refractivity contribution in [1.29, 1.82) is 0 Å². The van der Waals surface area contributed by atoms with Gasteiger partial charge in [-0.2, -0.15) is 9.29 Å². The molecule has 9 heteroatoms. The molecule has 3 heterocycles. The first-order valence-electron chi connectivity index (χ1n) is 9.93. The second-order valence-corrected chi connectivity index (χ2v) is 9.52. The minimum absolute atomic E-state index is 0.140. The van der Waals surface area contributed by atoms with Crippen LogP contribution in [0.25, 0.3) is 11.5 Å². The molecule has 1 unspecified atom stereocenters. The van der Waals surface area contributed by atoms with Gasteiger partial charge in [-0.05, 0) is 68.0 Å². The molecule has 1 atom stereocenters. The van der Waals surface area contributed by atoms with Gasteiger partial charge in [-0.25, -0.2) is 12.8 Å². The first-order chi connectivity index (χ1) is 14.4. The molecule has 3 aromatic rings. The molecule has 0 radical (unpaired) electrons. The molecule has 0 bridgehead atoms. The molecule has 0 aliphatic carbocycles. The van der Waals surface area contributed by atoms with Crippen molar-refractivity contribution in [3.05, 3.63) is 59.9 Å². The highest BCUT2D eigenvalue weighted by atomic mass is 32.2. The molecule has 2 aromatic heterocycles. The number of nitrogens with zero attached hydrogens (tertiary/aromatic N) is 4. The Labute approximate surface area is 175 Å². The van der Waals surface area contributed by atoms with Crippen molar-refractivity contribution >= 4 is 10.0 Å². The highest BCUT2D eigenvalue weighted by Gasteiger charge is 2.30. The number of hydrogen-bond acceptors (Lipinski definition) is 6. The van der Waals surface area contributed by atoms with Crippen LogP contribution in [-0.4, -0.2) is 40.9 Å². The summed E-state index contributed by atoms with van der Waals surface area (Å²) in [7, 11) is -3.64. The Hall–Kier alpha value is -2.65. The third-order valence-corrected chi connectivity index (χ3v) is 7.26. The summed E-state index contributed by atoms with van der Waals surface area (Å²) in [6.07, 6.45) is 6.45. The molecule has 1 fully saturated rings. The van der Waals surface area contributed by atoms with Crippen LogP contribution >= 0.6 is 0 Å². The van der Waals surface area contributed by atoms with Crippen LogP contribution in [0.15, 0.2) is 52.1 Å². The van der Waals surface area contributed by atoms with Gasteiger partial charge in [0.15, 0.2) is 5.82 Å². The lowest BCUT2D eigenvalue weighted by atomic mass is 9.94. The molecule has 1 aromatic carbocycles. The zero-order valence-corrected chi connectivity index (χ0v) is 17.5. The fourth-order valence-electron chi connectivity index (χ4n) is 3.70. The lowest BCUT2D eigenvalue weighted by molar-refractivity contribution is 0.254. The molecular formula is C21H23FN4O3S. The van der Waals surface area contributed by atoms with Crippen LogP contribution in [0.1, 0.15) is 30.7 Å². The van der Waals surface area contributed by atoms with E-state index >= 15 is 0 Å². The topological polar surface area (TPSA) is 89.2 Å². The monoisotopic (exact) mass is 430 g/mol. The van der Waals surface area contributed by atoms with E-state index in [9.17, 15) is 12.8 Å². The van der Waals surface area contributed by atoms with Gasteiger partial charge in [0.05, 0.1) is 10.5 Å². The second-order valence-electron chi connectivity index (χ2n) is 7.58. The highest BCUT2D eigenvalue weighted by Crippen LogP contribution is 2.27. The zero-order valence-electron chi connectivity index (χ0n) is 16.7. The van der Waals surface area contributed by atoms with E-state index in [0.29, 0.717) is 36.8 Å². The summed E-state index contributed by atoms with van der Waals surface area (Å²) in [6.45, 7) is 2.48. The number of sulfonamides is 1. The van der Waals surface area contributed by atoms with Gasteiger partial charge in [0, 0.05) is 31.9 Å². The van der Waals surface area contributed by atoms with Crippen LogP contribution in [0.4, 0.5) is 4.39 Å². The Bertz CT molecular complexity index is 1120. The number of pyridine rings is 1. The predicted molar refractivity (Wildman–Crippen MR) is 108 cm³/mol. The molecule has 1 aliphatic rings. The predicted octanol–water partition coefficient (Wildman–Crippen LogP) is 3.61. The van der Waals surface area contributed by atoms with E-state index in [0.717, 1.165) is 24.8 Å². The Morgan fingerprint density at radius 3 is 2.93 bits per heavy atom. The van der Waals surface area contributed by atoms with Crippen molar-refractivity contribution in [2.45, 2.75) is 37.5 Å². The highest BCUT2D eigenvalue weighted by molar-refractivity contribution is 7.89. The van der Waals surface area contributed by atoms with Crippen LogP contribution in [0.5, 0.6) is 0 Å². The maximum Gasteiger partial charge on any atom is 0.259 e. The lowest BCUT2D eigenvalue weighted by Gasteiger charge is -2.31. The fourth-order valence-corrected chi connectivity index (χ4v) is 5.34. The molecule has 7 nitrogen and oxygen atoms in total. The van der Waals surface area contributed by atoms with Gasteiger partial charge in [-0.3, -0.25) is 4.98 Å². The van der Waals surface area contributed by atoms with Crippen molar-refractivity contribution in [3.8, 4) is 11.5 Å². The minimum Gasteiger partial charge on any atom is -0.334 e. The summed E-state index contributed by atoms with van der Waals surface area (Å²) in [5.74, 6) is 0.826. The molecular weight excluding hydrogens is 407 g/mol. The van der Waals surface area contributed by atoms with Crippen LogP contribution in [0, 0.1) is 18.7 Å². The summed E-state index contributed by atoms with van der Waals surface area (Å²) < 4.78 is 46.3.